The number of aliphatic hydroxyl groups is 3. The van der Waals surface area contributed by atoms with Crippen LogP contribution in [-0.2, 0) is 6.42 Å². The van der Waals surface area contributed by atoms with E-state index >= 15 is 0 Å². The Balaban J connectivity index is 1.51. The van der Waals surface area contributed by atoms with Gasteiger partial charge in [-0.2, -0.15) is 0 Å². The lowest BCUT2D eigenvalue weighted by molar-refractivity contribution is -0.0425. The number of aliphatic hydroxyl groups excluding tert-OH is 2. The number of aromatic nitrogens is 1. The van der Waals surface area contributed by atoms with Crippen LogP contribution in [0.25, 0.3) is 10.9 Å². The molecular formula is C29H30N2O4. The predicted molar refractivity (Wildman–Crippen MR) is 137 cm³/mol. The van der Waals surface area contributed by atoms with Crippen LogP contribution >= 0.6 is 0 Å². The molecule has 5 N–H and O–H groups in total. The van der Waals surface area contributed by atoms with E-state index < -0.39 is 12.5 Å². The summed E-state index contributed by atoms with van der Waals surface area (Å²) in [5.74, 6) is 6.73. The summed E-state index contributed by atoms with van der Waals surface area (Å²) >= 11 is 0. The molecule has 4 aromatic rings. The molecule has 0 bridgehead atoms. The van der Waals surface area contributed by atoms with Crippen LogP contribution in [0.15, 0.2) is 72.9 Å². The highest BCUT2D eigenvalue weighted by Gasteiger charge is 2.15. The van der Waals surface area contributed by atoms with Crippen molar-refractivity contribution in [2.45, 2.75) is 38.9 Å². The van der Waals surface area contributed by atoms with E-state index in [2.05, 4.69) is 28.2 Å². The molecule has 6 heteroatoms. The first kappa shape index (κ1) is 24.5. The third-order valence-corrected chi connectivity index (χ3v) is 5.61. The summed E-state index contributed by atoms with van der Waals surface area (Å²) in [4.78, 5) is 3.28. The molecule has 35 heavy (non-hydrogen) atoms. The highest BCUT2D eigenvalue weighted by Crippen LogP contribution is 2.27. The minimum absolute atomic E-state index is 0.0447. The van der Waals surface area contributed by atoms with Crippen LogP contribution in [0.2, 0.25) is 0 Å². The Morgan fingerprint density at radius 2 is 1.69 bits per heavy atom. The van der Waals surface area contributed by atoms with Crippen LogP contribution in [0.5, 0.6) is 5.75 Å². The van der Waals surface area contributed by atoms with Crippen molar-refractivity contribution in [2.75, 3.05) is 6.54 Å². The second-order valence-electron chi connectivity index (χ2n) is 8.63. The number of hydrogen-bond acceptors (Lipinski definition) is 5. The van der Waals surface area contributed by atoms with Crippen LogP contribution in [0.4, 0.5) is 0 Å². The topological polar surface area (TPSA) is 97.7 Å². The van der Waals surface area contributed by atoms with Crippen LogP contribution in [0.3, 0.4) is 0 Å². The van der Waals surface area contributed by atoms with Gasteiger partial charge in [0, 0.05) is 45.9 Å². The van der Waals surface area contributed by atoms with E-state index in [9.17, 15) is 15.3 Å². The quantitative estimate of drug-likeness (QED) is 0.197. The maximum atomic E-state index is 11.0. The number of ether oxygens (including phenoxy) is 1. The number of benzene rings is 3. The van der Waals surface area contributed by atoms with Gasteiger partial charge in [-0.25, -0.2) is 0 Å². The van der Waals surface area contributed by atoms with E-state index in [1.807, 2.05) is 56.4 Å². The molecule has 180 valence electrons. The Morgan fingerprint density at radius 3 is 2.46 bits per heavy atom. The van der Waals surface area contributed by atoms with Crippen molar-refractivity contribution < 1.29 is 20.1 Å². The monoisotopic (exact) mass is 470 g/mol. The van der Waals surface area contributed by atoms with E-state index in [0.717, 1.165) is 11.9 Å². The summed E-state index contributed by atoms with van der Waals surface area (Å²) in [7, 11) is 0. The van der Waals surface area contributed by atoms with Gasteiger partial charge in [0.1, 0.15) is 12.0 Å². The average molecular weight is 471 g/mol. The van der Waals surface area contributed by atoms with Gasteiger partial charge in [-0.05, 0) is 62.2 Å². The third kappa shape index (κ3) is 6.30. The average Bonchev–Trinajstić information content (AvgIpc) is 3.26. The van der Waals surface area contributed by atoms with Crippen LogP contribution in [0.1, 0.15) is 54.2 Å². The summed E-state index contributed by atoms with van der Waals surface area (Å²) in [6.07, 6.45) is 0.253. The van der Waals surface area contributed by atoms with Gasteiger partial charge in [0.05, 0.1) is 6.10 Å². The van der Waals surface area contributed by atoms with E-state index in [1.165, 1.54) is 10.9 Å². The Kier molecular flexibility index (Phi) is 7.86. The molecule has 0 aliphatic carbocycles. The fourth-order valence-corrected chi connectivity index (χ4v) is 3.91. The first-order valence-corrected chi connectivity index (χ1v) is 11.7. The second-order valence-corrected chi connectivity index (χ2v) is 8.63. The Hall–Kier alpha value is -3.60. The van der Waals surface area contributed by atoms with Crippen molar-refractivity contribution in [1.82, 2.24) is 10.3 Å². The van der Waals surface area contributed by atoms with Gasteiger partial charge in [-0.3, -0.25) is 5.32 Å². The number of rotatable bonds is 8. The second kappa shape index (κ2) is 11.2. The molecule has 0 spiro atoms. The zero-order valence-corrected chi connectivity index (χ0v) is 19.8. The SMILES string of the molecule is CC(C)Oc1ccc(C#Cc2cccc(C(O)O)c2)cc1C(O)NCCc1c[nH]c2ccccc12. The fraction of sp³-hybridized carbons (Fsp3) is 0.241. The molecule has 0 aliphatic rings. The smallest absolute Gasteiger partial charge is 0.178 e. The summed E-state index contributed by atoms with van der Waals surface area (Å²) in [5.41, 5.74) is 4.66. The first-order chi connectivity index (χ1) is 16.9. The standard InChI is InChI=1S/C29H30N2O4/c1-19(2)35-27-13-12-21(11-10-20-6-5-7-22(16-20)29(33)34)17-25(27)28(32)30-15-14-23-18-31-26-9-4-3-8-24(23)26/h3-9,12-13,16-19,28-34H,14-15H2,1-2H3. The van der Waals surface area contributed by atoms with Crippen molar-refractivity contribution in [1.29, 1.82) is 0 Å². The normalized spacial score (nSPS) is 12.1. The minimum atomic E-state index is -1.54. The van der Waals surface area contributed by atoms with Crippen LogP contribution < -0.4 is 10.1 Å². The number of fused-ring (bicyclic) bond motifs is 1. The lowest BCUT2D eigenvalue weighted by Gasteiger charge is -2.19. The highest BCUT2D eigenvalue weighted by atomic mass is 16.5. The molecule has 1 aromatic heterocycles. The maximum Gasteiger partial charge on any atom is 0.178 e. The predicted octanol–water partition coefficient (Wildman–Crippen LogP) is 4.16. The van der Waals surface area contributed by atoms with Gasteiger partial charge < -0.3 is 25.0 Å². The number of aromatic amines is 1. The third-order valence-electron chi connectivity index (χ3n) is 5.61. The molecule has 1 atom stereocenters. The van der Waals surface area contributed by atoms with Crippen molar-refractivity contribution in [3.05, 3.63) is 101 Å². The molecule has 1 unspecified atom stereocenters. The number of H-pyrrole nitrogens is 1. The van der Waals surface area contributed by atoms with Gasteiger partial charge in [0.2, 0.25) is 0 Å². The molecule has 1 heterocycles. The van der Waals surface area contributed by atoms with Crippen molar-refractivity contribution in [3.63, 3.8) is 0 Å². The van der Waals surface area contributed by atoms with Gasteiger partial charge in [-0.1, -0.05) is 42.2 Å². The van der Waals surface area contributed by atoms with Crippen molar-refractivity contribution in [3.8, 4) is 17.6 Å². The maximum absolute atomic E-state index is 11.0. The van der Waals surface area contributed by atoms with Gasteiger partial charge in [0.25, 0.3) is 0 Å². The van der Waals surface area contributed by atoms with E-state index in [0.29, 0.717) is 34.5 Å². The molecule has 0 saturated carbocycles. The minimum Gasteiger partial charge on any atom is -0.491 e. The zero-order valence-electron chi connectivity index (χ0n) is 19.8. The summed E-state index contributed by atoms with van der Waals surface area (Å²) in [5, 5.41) is 34.1. The van der Waals surface area contributed by atoms with Crippen molar-refractivity contribution >= 4 is 10.9 Å². The molecular weight excluding hydrogens is 440 g/mol. The molecule has 4 rings (SSSR count). The van der Waals surface area contributed by atoms with Crippen LogP contribution in [0, 0.1) is 11.8 Å². The largest absolute Gasteiger partial charge is 0.491 e. The van der Waals surface area contributed by atoms with Gasteiger partial charge in [0.15, 0.2) is 6.29 Å². The van der Waals surface area contributed by atoms with Gasteiger partial charge in [-0.15, -0.1) is 0 Å². The van der Waals surface area contributed by atoms with Gasteiger partial charge >= 0.3 is 0 Å². The van der Waals surface area contributed by atoms with E-state index in [4.69, 9.17) is 4.74 Å². The zero-order chi connectivity index (χ0) is 24.8. The van der Waals surface area contributed by atoms with Crippen LogP contribution in [-0.4, -0.2) is 33.0 Å². The highest BCUT2D eigenvalue weighted by molar-refractivity contribution is 5.83. The van der Waals surface area contributed by atoms with E-state index in [-0.39, 0.29) is 6.10 Å². The molecule has 3 aromatic carbocycles. The first-order valence-electron chi connectivity index (χ1n) is 11.7. The number of para-hydroxylation sites is 1. The van der Waals surface area contributed by atoms with Crippen molar-refractivity contribution in [2.24, 2.45) is 0 Å². The fourth-order valence-electron chi connectivity index (χ4n) is 3.91. The molecule has 6 nitrogen and oxygen atoms in total. The Morgan fingerprint density at radius 1 is 0.914 bits per heavy atom. The van der Waals surface area contributed by atoms with E-state index in [1.54, 1.807) is 24.3 Å². The lowest BCUT2D eigenvalue weighted by Crippen LogP contribution is -2.24. The number of hydrogen-bond donors (Lipinski definition) is 5. The Bertz CT molecular complexity index is 1350. The lowest BCUT2D eigenvalue weighted by atomic mass is 10.1. The molecule has 0 aliphatic heterocycles. The summed E-state index contributed by atoms with van der Waals surface area (Å²) in [6.45, 7) is 4.46. The molecule has 0 saturated heterocycles. The summed E-state index contributed by atoms with van der Waals surface area (Å²) < 4.78 is 5.93. The molecule has 0 amide bonds. The molecule has 0 radical (unpaired) electrons. The Labute approximate surface area is 205 Å². The summed E-state index contributed by atoms with van der Waals surface area (Å²) in [6, 6.07) is 20.4. The number of nitrogens with one attached hydrogen (secondary N) is 2. The molecule has 0 fully saturated rings.